The fourth-order valence-electron chi connectivity index (χ4n) is 1.53. The summed E-state index contributed by atoms with van der Waals surface area (Å²) in [6, 6.07) is 6.95. The van der Waals surface area contributed by atoms with E-state index in [0.29, 0.717) is 0 Å². The number of nitrogens with one attached hydrogen (secondary N) is 2. The van der Waals surface area contributed by atoms with Gasteiger partial charge in [-0.2, -0.15) is 0 Å². The summed E-state index contributed by atoms with van der Waals surface area (Å²) in [6.07, 6.45) is 1.91. The van der Waals surface area contributed by atoms with Crippen LogP contribution in [0.4, 0.5) is 4.39 Å². The van der Waals surface area contributed by atoms with Crippen LogP contribution in [0.3, 0.4) is 0 Å². The molecule has 1 rings (SSSR count). The molecular weight excluding hydrogens is 203 g/mol. The van der Waals surface area contributed by atoms with Gasteiger partial charge in [0.1, 0.15) is 5.82 Å². The van der Waals surface area contributed by atoms with Gasteiger partial charge < -0.3 is 10.6 Å². The molecule has 16 heavy (non-hydrogen) atoms. The van der Waals surface area contributed by atoms with Crippen molar-refractivity contribution in [3.05, 3.63) is 35.6 Å². The SMILES string of the molecule is CCCNCCNCCc1ccccc1F. The van der Waals surface area contributed by atoms with Crippen LogP contribution in [0.5, 0.6) is 0 Å². The second-order valence-corrected chi connectivity index (χ2v) is 3.84. The zero-order valence-corrected chi connectivity index (χ0v) is 9.93. The molecule has 0 saturated carbocycles. The van der Waals surface area contributed by atoms with Crippen molar-refractivity contribution in [2.45, 2.75) is 19.8 Å². The Labute approximate surface area is 97.3 Å². The third-order valence-corrected chi connectivity index (χ3v) is 2.43. The minimum atomic E-state index is -0.103. The average molecular weight is 224 g/mol. The van der Waals surface area contributed by atoms with Gasteiger partial charge in [-0.1, -0.05) is 25.1 Å². The van der Waals surface area contributed by atoms with Crippen molar-refractivity contribution in [2.24, 2.45) is 0 Å². The highest BCUT2D eigenvalue weighted by Crippen LogP contribution is 2.05. The van der Waals surface area contributed by atoms with Gasteiger partial charge in [0.15, 0.2) is 0 Å². The smallest absolute Gasteiger partial charge is 0.126 e. The van der Waals surface area contributed by atoms with Crippen LogP contribution < -0.4 is 10.6 Å². The Hall–Kier alpha value is -0.930. The molecule has 0 aromatic heterocycles. The fourth-order valence-corrected chi connectivity index (χ4v) is 1.53. The Morgan fingerprint density at radius 3 is 2.38 bits per heavy atom. The maximum absolute atomic E-state index is 13.2. The highest BCUT2D eigenvalue weighted by Gasteiger charge is 1.98. The van der Waals surface area contributed by atoms with Crippen LogP contribution >= 0.6 is 0 Å². The van der Waals surface area contributed by atoms with Gasteiger partial charge in [0.05, 0.1) is 0 Å². The Kier molecular flexibility index (Phi) is 6.77. The molecule has 90 valence electrons. The molecule has 2 N–H and O–H groups in total. The Bertz CT molecular complexity index is 289. The summed E-state index contributed by atoms with van der Waals surface area (Å²) in [4.78, 5) is 0. The van der Waals surface area contributed by atoms with E-state index >= 15 is 0 Å². The Morgan fingerprint density at radius 2 is 1.69 bits per heavy atom. The summed E-state index contributed by atoms with van der Waals surface area (Å²) in [6.45, 7) is 5.96. The van der Waals surface area contributed by atoms with Crippen LogP contribution in [-0.4, -0.2) is 26.2 Å². The first kappa shape index (κ1) is 13.1. The van der Waals surface area contributed by atoms with Crippen LogP contribution in [0, 0.1) is 5.82 Å². The van der Waals surface area contributed by atoms with E-state index in [0.717, 1.165) is 44.6 Å². The minimum Gasteiger partial charge on any atom is -0.315 e. The summed E-state index contributed by atoms with van der Waals surface area (Å²) in [5.74, 6) is -0.103. The molecule has 0 atom stereocenters. The second kappa shape index (κ2) is 8.25. The van der Waals surface area contributed by atoms with Gasteiger partial charge in [0.2, 0.25) is 0 Å². The predicted molar refractivity (Wildman–Crippen MR) is 66.1 cm³/mol. The topological polar surface area (TPSA) is 24.1 Å². The van der Waals surface area contributed by atoms with Gasteiger partial charge in [-0.05, 0) is 37.6 Å². The van der Waals surface area contributed by atoms with Crippen molar-refractivity contribution in [1.29, 1.82) is 0 Å². The number of halogens is 1. The van der Waals surface area contributed by atoms with Crippen molar-refractivity contribution >= 4 is 0 Å². The van der Waals surface area contributed by atoms with E-state index in [1.165, 1.54) is 6.07 Å². The van der Waals surface area contributed by atoms with E-state index in [1.807, 2.05) is 12.1 Å². The molecule has 0 aliphatic heterocycles. The van der Waals surface area contributed by atoms with E-state index in [-0.39, 0.29) is 5.82 Å². The lowest BCUT2D eigenvalue weighted by Gasteiger charge is -2.06. The van der Waals surface area contributed by atoms with Crippen molar-refractivity contribution in [1.82, 2.24) is 10.6 Å². The number of hydrogen-bond donors (Lipinski definition) is 2. The van der Waals surface area contributed by atoms with Crippen molar-refractivity contribution in [3.63, 3.8) is 0 Å². The number of benzene rings is 1. The highest BCUT2D eigenvalue weighted by molar-refractivity contribution is 5.17. The standard InChI is InChI=1S/C13H21FN2/c1-2-8-15-10-11-16-9-7-12-5-3-4-6-13(12)14/h3-6,15-16H,2,7-11H2,1H3. The first-order valence-corrected chi connectivity index (χ1v) is 5.99. The summed E-state index contributed by atoms with van der Waals surface area (Å²) < 4.78 is 13.2. The van der Waals surface area contributed by atoms with E-state index in [9.17, 15) is 4.39 Å². The number of rotatable bonds is 8. The highest BCUT2D eigenvalue weighted by atomic mass is 19.1. The molecule has 0 aliphatic carbocycles. The van der Waals surface area contributed by atoms with E-state index in [2.05, 4.69) is 17.6 Å². The molecule has 0 unspecified atom stereocenters. The molecular formula is C13H21FN2. The maximum atomic E-state index is 13.2. The van der Waals surface area contributed by atoms with Gasteiger partial charge in [-0.3, -0.25) is 0 Å². The molecule has 0 fully saturated rings. The summed E-state index contributed by atoms with van der Waals surface area (Å²) in [5.41, 5.74) is 0.788. The molecule has 3 heteroatoms. The van der Waals surface area contributed by atoms with Crippen molar-refractivity contribution in [3.8, 4) is 0 Å². The van der Waals surface area contributed by atoms with Crippen molar-refractivity contribution in [2.75, 3.05) is 26.2 Å². The molecule has 0 amide bonds. The molecule has 0 spiro atoms. The van der Waals surface area contributed by atoms with Crippen LogP contribution in [0.25, 0.3) is 0 Å². The third kappa shape index (κ3) is 5.24. The average Bonchev–Trinajstić information content (AvgIpc) is 2.30. The summed E-state index contributed by atoms with van der Waals surface area (Å²) in [7, 11) is 0. The van der Waals surface area contributed by atoms with Crippen molar-refractivity contribution < 1.29 is 4.39 Å². The molecule has 1 aromatic carbocycles. The third-order valence-electron chi connectivity index (χ3n) is 2.43. The maximum Gasteiger partial charge on any atom is 0.126 e. The zero-order chi connectivity index (χ0) is 11.6. The van der Waals surface area contributed by atoms with E-state index in [1.54, 1.807) is 6.07 Å². The molecule has 0 heterocycles. The van der Waals surface area contributed by atoms with Crippen LogP contribution in [0.2, 0.25) is 0 Å². The minimum absolute atomic E-state index is 0.103. The lowest BCUT2D eigenvalue weighted by Crippen LogP contribution is -2.29. The van der Waals surface area contributed by atoms with Crippen LogP contribution in [0.15, 0.2) is 24.3 Å². The van der Waals surface area contributed by atoms with E-state index in [4.69, 9.17) is 0 Å². The zero-order valence-electron chi connectivity index (χ0n) is 9.93. The first-order valence-electron chi connectivity index (χ1n) is 5.99. The van der Waals surface area contributed by atoms with Gasteiger partial charge in [0.25, 0.3) is 0 Å². The molecule has 0 aliphatic rings. The lowest BCUT2D eigenvalue weighted by molar-refractivity contribution is 0.584. The van der Waals surface area contributed by atoms with Gasteiger partial charge in [-0.15, -0.1) is 0 Å². The normalized spacial score (nSPS) is 10.6. The van der Waals surface area contributed by atoms with Gasteiger partial charge in [-0.25, -0.2) is 4.39 Å². The lowest BCUT2D eigenvalue weighted by atomic mass is 10.1. The first-order chi connectivity index (χ1) is 7.84. The predicted octanol–water partition coefficient (Wildman–Crippen LogP) is 1.96. The Morgan fingerprint density at radius 1 is 1.00 bits per heavy atom. The molecule has 2 nitrogen and oxygen atoms in total. The molecule has 0 radical (unpaired) electrons. The largest absolute Gasteiger partial charge is 0.315 e. The molecule has 1 aromatic rings. The second-order valence-electron chi connectivity index (χ2n) is 3.84. The van der Waals surface area contributed by atoms with Gasteiger partial charge in [0, 0.05) is 13.1 Å². The monoisotopic (exact) mass is 224 g/mol. The summed E-state index contributed by atoms with van der Waals surface area (Å²) >= 11 is 0. The molecule has 0 bridgehead atoms. The van der Waals surface area contributed by atoms with Gasteiger partial charge >= 0.3 is 0 Å². The van der Waals surface area contributed by atoms with Crippen LogP contribution in [0.1, 0.15) is 18.9 Å². The van der Waals surface area contributed by atoms with E-state index < -0.39 is 0 Å². The molecule has 0 saturated heterocycles. The van der Waals surface area contributed by atoms with Crippen LogP contribution in [-0.2, 0) is 6.42 Å². The Balaban J connectivity index is 2.05. The quantitative estimate of drug-likeness (QED) is 0.660. The number of hydrogen-bond acceptors (Lipinski definition) is 2. The summed E-state index contributed by atoms with van der Waals surface area (Å²) in [5, 5.41) is 6.60. The fraction of sp³-hybridized carbons (Fsp3) is 0.538.